The van der Waals surface area contributed by atoms with Crippen LogP contribution < -0.4 is 0 Å². The van der Waals surface area contributed by atoms with Crippen LogP contribution >= 0.6 is 0 Å². The lowest BCUT2D eigenvalue weighted by Gasteiger charge is -2.25. The topological polar surface area (TPSA) is 126 Å². The summed E-state index contributed by atoms with van der Waals surface area (Å²) in [5.41, 5.74) is 0. The summed E-state index contributed by atoms with van der Waals surface area (Å²) >= 11 is 0. The predicted octanol–water partition coefficient (Wildman–Crippen LogP) is -0.233. The molecular formula is C10H16N4O4S. The fraction of sp³-hybridized carbons (Fsp3) is 0.700. The molecule has 0 saturated heterocycles. The lowest BCUT2D eigenvalue weighted by Crippen LogP contribution is -2.43. The van der Waals surface area contributed by atoms with Gasteiger partial charge in [0.25, 0.3) is 10.2 Å². The predicted molar refractivity (Wildman–Crippen MR) is 65.8 cm³/mol. The molecule has 0 aliphatic rings. The molecule has 0 saturated carbocycles. The normalized spacial score (nSPS) is 11.2. The van der Waals surface area contributed by atoms with Crippen molar-refractivity contribution < 1.29 is 18.3 Å². The first-order chi connectivity index (χ1) is 8.86. The third kappa shape index (κ3) is 6.15. The van der Waals surface area contributed by atoms with E-state index in [9.17, 15) is 13.2 Å². The Hall–Kier alpha value is -1.68. The van der Waals surface area contributed by atoms with Gasteiger partial charge in [0.05, 0.1) is 18.6 Å². The van der Waals surface area contributed by atoms with Gasteiger partial charge in [-0.2, -0.15) is 27.6 Å². The fourth-order valence-electron chi connectivity index (χ4n) is 1.26. The average Bonchev–Trinajstić information content (AvgIpc) is 2.35. The van der Waals surface area contributed by atoms with Crippen molar-refractivity contribution in [2.75, 3.05) is 26.7 Å². The van der Waals surface area contributed by atoms with E-state index in [0.29, 0.717) is 0 Å². The zero-order valence-electron chi connectivity index (χ0n) is 10.6. The first-order valence-corrected chi connectivity index (χ1v) is 6.93. The molecule has 0 heterocycles. The molecule has 0 aliphatic heterocycles. The zero-order chi connectivity index (χ0) is 14.9. The van der Waals surface area contributed by atoms with Gasteiger partial charge in [0.1, 0.15) is 0 Å². The van der Waals surface area contributed by atoms with Crippen molar-refractivity contribution in [1.29, 1.82) is 10.5 Å². The molecule has 19 heavy (non-hydrogen) atoms. The number of hydrogen-bond acceptors (Lipinski definition) is 5. The van der Waals surface area contributed by atoms with Crippen LogP contribution in [-0.2, 0) is 15.0 Å². The number of nitriles is 2. The number of carboxylic acid groups (broad SMARTS) is 1. The molecule has 0 aromatic rings. The molecule has 0 spiro atoms. The van der Waals surface area contributed by atoms with Crippen molar-refractivity contribution in [2.24, 2.45) is 0 Å². The van der Waals surface area contributed by atoms with E-state index in [0.717, 1.165) is 8.61 Å². The van der Waals surface area contributed by atoms with E-state index < -0.39 is 16.2 Å². The Morgan fingerprint density at radius 1 is 1.16 bits per heavy atom. The molecule has 106 valence electrons. The van der Waals surface area contributed by atoms with E-state index in [1.165, 1.54) is 7.05 Å². The number of rotatable bonds is 9. The van der Waals surface area contributed by atoms with Crippen LogP contribution in [0.15, 0.2) is 0 Å². The van der Waals surface area contributed by atoms with Gasteiger partial charge in [-0.1, -0.05) is 0 Å². The van der Waals surface area contributed by atoms with Gasteiger partial charge >= 0.3 is 5.97 Å². The zero-order valence-corrected chi connectivity index (χ0v) is 11.4. The minimum atomic E-state index is -3.84. The SMILES string of the molecule is CN(CCC(=O)O)S(=O)(=O)N(CCC#N)CCC#N. The van der Waals surface area contributed by atoms with Crippen LogP contribution in [0.4, 0.5) is 0 Å². The highest BCUT2D eigenvalue weighted by atomic mass is 32.2. The molecule has 9 heteroatoms. The summed E-state index contributed by atoms with van der Waals surface area (Å²) in [6.45, 7) is -0.191. The van der Waals surface area contributed by atoms with E-state index in [-0.39, 0.29) is 38.9 Å². The monoisotopic (exact) mass is 288 g/mol. The Kier molecular flexibility index (Phi) is 7.68. The molecule has 0 unspecified atom stereocenters. The molecule has 0 fully saturated rings. The third-order valence-electron chi connectivity index (χ3n) is 2.31. The number of hydrogen-bond donors (Lipinski definition) is 1. The van der Waals surface area contributed by atoms with Crippen LogP contribution in [0, 0.1) is 22.7 Å². The molecule has 0 aromatic carbocycles. The molecule has 0 atom stereocenters. The Labute approximate surface area is 112 Å². The second-order valence-corrected chi connectivity index (χ2v) is 5.72. The summed E-state index contributed by atoms with van der Waals surface area (Å²) in [7, 11) is -2.57. The van der Waals surface area contributed by atoms with Crippen LogP contribution in [0.1, 0.15) is 19.3 Å². The molecule has 0 amide bonds. The third-order valence-corrected chi connectivity index (χ3v) is 4.29. The molecule has 0 aliphatic carbocycles. The van der Waals surface area contributed by atoms with E-state index in [2.05, 4.69) is 0 Å². The Morgan fingerprint density at radius 2 is 1.63 bits per heavy atom. The minimum absolute atomic E-state index is 0.0113. The summed E-state index contributed by atoms with van der Waals surface area (Å²) < 4.78 is 26.1. The van der Waals surface area contributed by atoms with Crippen molar-refractivity contribution in [2.45, 2.75) is 19.3 Å². The van der Waals surface area contributed by atoms with Crippen LogP contribution in [0.5, 0.6) is 0 Å². The van der Waals surface area contributed by atoms with Crippen molar-refractivity contribution in [1.82, 2.24) is 8.61 Å². The highest BCUT2D eigenvalue weighted by molar-refractivity contribution is 7.86. The maximum atomic E-state index is 12.1. The van der Waals surface area contributed by atoms with Crippen molar-refractivity contribution in [3.63, 3.8) is 0 Å². The fourth-order valence-corrected chi connectivity index (χ4v) is 2.62. The molecule has 0 radical (unpaired) electrons. The van der Waals surface area contributed by atoms with E-state index in [1.54, 1.807) is 0 Å². The van der Waals surface area contributed by atoms with Crippen LogP contribution in [-0.4, -0.2) is 54.8 Å². The van der Waals surface area contributed by atoms with Crippen molar-refractivity contribution >= 4 is 16.2 Å². The number of carbonyl (C=O) groups is 1. The number of carboxylic acids is 1. The highest BCUT2D eigenvalue weighted by Crippen LogP contribution is 2.08. The standard InChI is InChI=1S/C10H16N4O4S/c1-13(9-4-10(15)16)19(17,18)14(7-2-5-11)8-3-6-12/h2-4,7-9H2,1H3,(H,15,16). The molecule has 0 bridgehead atoms. The van der Waals surface area contributed by atoms with Crippen LogP contribution in [0.2, 0.25) is 0 Å². The van der Waals surface area contributed by atoms with Gasteiger partial charge in [0, 0.05) is 39.5 Å². The summed E-state index contributed by atoms with van der Waals surface area (Å²) in [6, 6.07) is 3.67. The number of nitrogens with zero attached hydrogens (tertiary/aromatic N) is 4. The maximum absolute atomic E-state index is 12.1. The average molecular weight is 288 g/mol. The van der Waals surface area contributed by atoms with Gasteiger partial charge < -0.3 is 5.11 Å². The lowest BCUT2D eigenvalue weighted by molar-refractivity contribution is -0.137. The molecular weight excluding hydrogens is 272 g/mol. The molecule has 0 rings (SSSR count). The van der Waals surface area contributed by atoms with E-state index in [1.807, 2.05) is 12.1 Å². The lowest BCUT2D eigenvalue weighted by atomic mass is 10.4. The molecule has 1 N–H and O–H groups in total. The molecule has 0 aromatic heterocycles. The Balaban J connectivity index is 4.80. The maximum Gasteiger partial charge on any atom is 0.304 e. The van der Waals surface area contributed by atoms with Gasteiger partial charge in [0.2, 0.25) is 0 Å². The van der Waals surface area contributed by atoms with Crippen LogP contribution in [0.3, 0.4) is 0 Å². The smallest absolute Gasteiger partial charge is 0.304 e. The van der Waals surface area contributed by atoms with E-state index in [4.69, 9.17) is 15.6 Å². The summed E-state index contributed by atoms with van der Waals surface area (Å²) in [4.78, 5) is 10.4. The van der Waals surface area contributed by atoms with Crippen molar-refractivity contribution in [3.8, 4) is 12.1 Å². The van der Waals surface area contributed by atoms with Gasteiger partial charge in [-0.05, 0) is 0 Å². The minimum Gasteiger partial charge on any atom is -0.481 e. The Morgan fingerprint density at radius 3 is 2.00 bits per heavy atom. The Bertz CT molecular complexity index is 459. The van der Waals surface area contributed by atoms with E-state index >= 15 is 0 Å². The largest absolute Gasteiger partial charge is 0.481 e. The van der Waals surface area contributed by atoms with Crippen molar-refractivity contribution in [3.05, 3.63) is 0 Å². The second-order valence-electron chi connectivity index (χ2n) is 3.69. The first kappa shape index (κ1) is 17.3. The van der Waals surface area contributed by atoms with Gasteiger partial charge in [0.15, 0.2) is 0 Å². The quantitative estimate of drug-likeness (QED) is 0.624. The highest BCUT2D eigenvalue weighted by Gasteiger charge is 2.26. The second kappa shape index (κ2) is 8.43. The summed E-state index contributed by atoms with van der Waals surface area (Å²) in [5, 5.41) is 25.5. The summed E-state index contributed by atoms with van der Waals surface area (Å²) in [6.07, 6.45) is -0.283. The van der Waals surface area contributed by atoms with Gasteiger partial charge in [-0.25, -0.2) is 0 Å². The molecule has 8 nitrogen and oxygen atoms in total. The van der Waals surface area contributed by atoms with Gasteiger partial charge in [-0.3, -0.25) is 4.79 Å². The van der Waals surface area contributed by atoms with Gasteiger partial charge in [-0.15, -0.1) is 0 Å². The number of aliphatic carboxylic acids is 1. The first-order valence-electron chi connectivity index (χ1n) is 5.53. The van der Waals surface area contributed by atoms with Crippen LogP contribution in [0.25, 0.3) is 0 Å². The summed E-state index contributed by atoms with van der Waals surface area (Å²) in [5.74, 6) is -1.09.